The maximum Gasteiger partial charge on any atom is 0.161 e. The zero-order valence-corrected chi connectivity index (χ0v) is 16.0. The van der Waals surface area contributed by atoms with Gasteiger partial charge in [0.15, 0.2) is 11.6 Å². The molecular formula is C20H19Cl2NO3. The standard InChI is InChI=1S/C20H19Cl2NO3/c1-23-13-4-2-6-15(24)18(13)17(19-14(23)5-3-7-16(19)25)11-8-10(21)9-12(22)20(11)26/h8-9,17,26H,2-7H2,1H3. The van der Waals surface area contributed by atoms with E-state index in [0.717, 1.165) is 37.1 Å². The van der Waals surface area contributed by atoms with E-state index in [-0.39, 0.29) is 22.3 Å². The highest BCUT2D eigenvalue weighted by Gasteiger charge is 2.43. The number of nitrogens with zero attached hydrogens (tertiary/aromatic N) is 1. The van der Waals surface area contributed by atoms with E-state index in [4.69, 9.17) is 23.2 Å². The number of benzene rings is 1. The Balaban J connectivity index is 2.02. The Morgan fingerprint density at radius 1 is 0.962 bits per heavy atom. The van der Waals surface area contributed by atoms with Crippen molar-refractivity contribution in [3.63, 3.8) is 0 Å². The molecule has 0 fully saturated rings. The fourth-order valence-corrected chi connectivity index (χ4v) is 4.98. The van der Waals surface area contributed by atoms with Crippen molar-refractivity contribution in [2.45, 2.75) is 44.4 Å². The van der Waals surface area contributed by atoms with Crippen LogP contribution in [0.1, 0.15) is 50.0 Å². The molecule has 3 aliphatic rings. The molecule has 26 heavy (non-hydrogen) atoms. The van der Waals surface area contributed by atoms with Crippen LogP contribution in [0, 0.1) is 0 Å². The number of carbonyl (C=O) groups is 2. The predicted octanol–water partition coefficient (Wildman–Crippen LogP) is 4.74. The summed E-state index contributed by atoms with van der Waals surface area (Å²) in [5.41, 5.74) is 3.58. The van der Waals surface area contributed by atoms with Gasteiger partial charge in [-0.15, -0.1) is 0 Å². The fourth-order valence-electron chi connectivity index (χ4n) is 4.47. The number of allylic oxidation sites excluding steroid dienone is 4. The second-order valence-corrected chi connectivity index (χ2v) is 7.94. The topological polar surface area (TPSA) is 57.6 Å². The van der Waals surface area contributed by atoms with Gasteiger partial charge in [-0.3, -0.25) is 9.59 Å². The summed E-state index contributed by atoms with van der Waals surface area (Å²) in [6, 6.07) is 3.09. The Morgan fingerprint density at radius 2 is 1.50 bits per heavy atom. The summed E-state index contributed by atoms with van der Waals surface area (Å²) in [6.07, 6.45) is 4.08. The first-order valence-electron chi connectivity index (χ1n) is 8.84. The van der Waals surface area contributed by atoms with Crippen molar-refractivity contribution in [2.24, 2.45) is 0 Å². The highest BCUT2D eigenvalue weighted by atomic mass is 35.5. The Hall–Kier alpha value is -1.78. The molecule has 0 saturated heterocycles. The van der Waals surface area contributed by atoms with Gasteiger partial charge >= 0.3 is 0 Å². The summed E-state index contributed by atoms with van der Waals surface area (Å²) < 4.78 is 0. The van der Waals surface area contributed by atoms with E-state index in [1.54, 1.807) is 6.07 Å². The minimum atomic E-state index is -0.590. The average molecular weight is 392 g/mol. The molecule has 0 unspecified atom stereocenters. The van der Waals surface area contributed by atoms with E-state index in [1.807, 2.05) is 11.9 Å². The van der Waals surface area contributed by atoms with E-state index < -0.39 is 5.92 Å². The highest BCUT2D eigenvalue weighted by molar-refractivity contribution is 6.35. The number of phenolic OH excluding ortho intramolecular Hbond substituents is 1. The number of hydrogen-bond acceptors (Lipinski definition) is 4. The summed E-state index contributed by atoms with van der Waals surface area (Å²) >= 11 is 12.3. The lowest BCUT2D eigenvalue weighted by atomic mass is 9.71. The normalized spacial score (nSPS) is 21.3. The van der Waals surface area contributed by atoms with Crippen LogP contribution < -0.4 is 0 Å². The Bertz CT molecular complexity index is 857. The van der Waals surface area contributed by atoms with Crippen molar-refractivity contribution in [1.82, 2.24) is 4.90 Å². The Labute approximate surface area is 162 Å². The first-order chi connectivity index (χ1) is 12.4. The molecule has 1 heterocycles. The van der Waals surface area contributed by atoms with Crippen LogP contribution in [-0.4, -0.2) is 28.6 Å². The Morgan fingerprint density at radius 3 is 2.04 bits per heavy atom. The quantitative estimate of drug-likeness (QED) is 0.750. The zero-order valence-electron chi connectivity index (χ0n) is 14.4. The summed E-state index contributed by atoms with van der Waals surface area (Å²) in [5.74, 6) is -0.638. The molecule has 0 saturated carbocycles. The van der Waals surface area contributed by atoms with E-state index in [1.165, 1.54) is 6.07 Å². The second-order valence-electron chi connectivity index (χ2n) is 7.09. The van der Waals surface area contributed by atoms with Crippen LogP contribution in [0.3, 0.4) is 0 Å². The molecule has 1 aliphatic heterocycles. The molecule has 136 valence electrons. The van der Waals surface area contributed by atoms with Crippen LogP contribution >= 0.6 is 23.2 Å². The third kappa shape index (κ3) is 2.58. The van der Waals surface area contributed by atoms with Gasteiger partial charge in [-0.05, 0) is 37.8 Å². The van der Waals surface area contributed by atoms with Crippen LogP contribution in [0.25, 0.3) is 0 Å². The van der Waals surface area contributed by atoms with E-state index >= 15 is 0 Å². The molecule has 1 aromatic carbocycles. The summed E-state index contributed by atoms with van der Waals surface area (Å²) in [6.45, 7) is 0. The van der Waals surface area contributed by atoms with Crippen LogP contribution in [0.4, 0.5) is 0 Å². The zero-order chi connectivity index (χ0) is 18.6. The van der Waals surface area contributed by atoms with E-state index in [0.29, 0.717) is 34.6 Å². The number of phenols is 1. The van der Waals surface area contributed by atoms with Crippen LogP contribution in [0.2, 0.25) is 10.0 Å². The molecular weight excluding hydrogens is 373 g/mol. The van der Waals surface area contributed by atoms with Gasteiger partial charge in [-0.2, -0.15) is 0 Å². The van der Waals surface area contributed by atoms with Crippen LogP contribution in [-0.2, 0) is 9.59 Å². The molecule has 0 spiro atoms. The third-order valence-electron chi connectivity index (χ3n) is 5.61. The second kappa shape index (κ2) is 6.43. The first kappa shape index (κ1) is 17.6. The smallest absolute Gasteiger partial charge is 0.161 e. The molecule has 0 bridgehead atoms. The summed E-state index contributed by atoms with van der Waals surface area (Å²) in [5, 5.41) is 11.1. The first-order valence-corrected chi connectivity index (χ1v) is 9.60. The molecule has 4 nitrogen and oxygen atoms in total. The minimum Gasteiger partial charge on any atom is -0.506 e. The average Bonchev–Trinajstić information content (AvgIpc) is 2.60. The summed E-state index contributed by atoms with van der Waals surface area (Å²) in [4.78, 5) is 27.7. The maximum atomic E-state index is 12.9. The van der Waals surface area contributed by atoms with Gasteiger partial charge in [0.05, 0.1) is 5.02 Å². The van der Waals surface area contributed by atoms with Gasteiger partial charge in [-0.1, -0.05) is 23.2 Å². The SMILES string of the molecule is CN1C2=C(C(=O)CCC2)C(c2cc(Cl)cc(Cl)c2O)C2=C1CCCC2=O. The number of ketones is 2. The van der Waals surface area contributed by atoms with Crippen molar-refractivity contribution in [2.75, 3.05) is 7.05 Å². The lowest BCUT2D eigenvalue weighted by Crippen LogP contribution is -2.37. The molecule has 0 amide bonds. The number of aromatic hydroxyl groups is 1. The van der Waals surface area contributed by atoms with Crippen molar-refractivity contribution in [3.05, 3.63) is 50.3 Å². The largest absolute Gasteiger partial charge is 0.506 e. The molecule has 4 rings (SSSR count). The fraction of sp³-hybridized carbons (Fsp3) is 0.400. The van der Waals surface area contributed by atoms with Gasteiger partial charge in [0.1, 0.15) is 5.75 Å². The number of Topliss-reactive ketones (excluding diaryl/α,β-unsaturated/α-hetero) is 2. The lowest BCUT2D eigenvalue weighted by molar-refractivity contribution is -0.117. The molecule has 1 aromatic rings. The summed E-state index contributed by atoms with van der Waals surface area (Å²) in [7, 11) is 1.93. The molecule has 1 N–H and O–H groups in total. The highest BCUT2D eigenvalue weighted by Crippen LogP contribution is 2.51. The maximum absolute atomic E-state index is 12.9. The van der Waals surface area contributed by atoms with E-state index in [9.17, 15) is 14.7 Å². The van der Waals surface area contributed by atoms with Crippen molar-refractivity contribution in [1.29, 1.82) is 0 Å². The number of carbonyl (C=O) groups excluding carboxylic acids is 2. The molecule has 0 atom stereocenters. The monoisotopic (exact) mass is 391 g/mol. The van der Waals surface area contributed by atoms with Crippen molar-refractivity contribution in [3.8, 4) is 5.75 Å². The van der Waals surface area contributed by atoms with Crippen LogP contribution in [0.5, 0.6) is 5.75 Å². The number of halogens is 2. The molecule has 2 aliphatic carbocycles. The van der Waals surface area contributed by atoms with Crippen molar-refractivity contribution >= 4 is 34.8 Å². The van der Waals surface area contributed by atoms with Crippen LogP contribution in [0.15, 0.2) is 34.7 Å². The molecule has 0 radical (unpaired) electrons. The van der Waals surface area contributed by atoms with Gasteiger partial charge in [0.2, 0.25) is 0 Å². The Kier molecular flexibility index (Phi) is 4.36. The van der Waals surface area contributed by atoms with Gasteiger partial charge in [0, 0.05) is 58.9 Å². The van der Waals surface area contributed by atoms with Gasteiger partial charge < -0.3 is 10.0 Å². The number of hydrogen-bond donors (Lipinski definition) is 1. The van der Waals surface area contributed by atoms with Crippen molar-refractivity contribution < 1.29 is 14.7 Å². The van der Waals surface area contributed by atoms with Gasteiger partial charge in [0.25, 0.3) is 0 Å². The molecule has 0 aromatic heterocycles. The number of rotatable bonds is 1. The predicted molar refractivity (Wildman–Crippen MR) is 100 cm³/mol. The minimum absolute atomic E-state index is 0.0310. The third-order valence-corrected chi connectivity index (χ3v) is 6.12. The van der Waals surface area contributed by atoms with E-state index in [2.05, 4.69) is 0 Å². The van der Waals surface area contributed by atoms with Gasteiger partial charge in [-0.25, -0.2) is 0 Å². The molecule has 6 heteroatoms. The lowest BCUT2D eigenvalue weighted by Gasteiger charge is -2.42.